The van der Waals surface area contributed by atoms with Gasteiger partial charge >= 0.3 is 0 Å². The van der Waals surface area contributed by atoms with Crippen molar-refractivity contribution in [3.05, 3.63) is 102 Å². The summed E-state index contributed by atoms with van der Waals surface area (Å²) in [5.41, 5.74) is 4.46. The maximum Gasteiger partial charge on any atom is 0.219 e. The van der Waals surface area contributed by atoms with Gasteiger partial charge in [0.1, 0.15) is 11.9 Å². The molecule has 0 aliphatic carbocycles. The fraction of sp³-hybridized carbons (Fsp3) is 0.192. The molecule has 0 spiro atoms. The van der Waals surface area contributed by atoms with Gasteiger partial charge in [0.2, 0.25) is 5.88 Å². The predicted molar refractivity (Wildman–Crippen MR) is 119 cm³/mol. The molecule has 4 aromatic rings. The van der Waals surface area contributed by atoms with Crippen LogP contribution in [0.1, 0.15) is 22.8 Å². The smallest absolute Gasteiger partial charge is 0.219 e. The van der Waals surface area contributed by atoms with E-state index < -0.39 is 0 Å². The molecule has 0 bridgehead atoms. The predicted octanol–water partition coefficient (Wildman–Crippen LogP) is 5.38. The number of pyridine rings is 1. The van der Waals surface area contributed by atoms with Crippen LogP contribution >= 0.6 is 0 Å². The number of nitrogens with zero attached hydrogens (tertiary/aromatic N) is 2. The fourth-order valence-electron chi connectivity index (χ4n) is 4.03. The van der Waals surface area contributed by atoms with Crippen LogP contribution in [0, 0.1) is 0 Å². The maximum atomic E-state index is 6.50. The van der Waals surface area contributed by atoms with E-state index in [-0.39, 0.29) is 6.10 Å². The van der Waals surface area contributed by atoms with Crippen molar-refractivity contribution in [1.82, 2.24) is 9.88 Å². The van der Waals surface area contributed by atoms with Crippen LogP contribution in [0.5, 0.6) is 11.6 Å². The van der Waals surface area contributed by atoms with Gasteiger partial charge in [-0.3, -0.25) is 4.90 Å². The molecule has 30 heavy (non-hydrogen) atoms. The van der Waals surface area contributed by atoms with E-state index in [1.54, 1.807) is 7.11 Å². The third-order valence-electron chi connectivity index (χ3n) is 5.56. The van der Waals surface area contributed by atoms with Gasteiger partial charge in [-0.2, -0.15) is 0 Å². The summed E-state index contributed by atoms with van der Waals surface area (Å²) in [6.07, 6.45) is -0.0771. The second-order valence-electron chi connectivity index (χ2n) is 7.68. The van der Waals surface area contributed by atoms with Crippen LogP contribution < -0.4 is 9.47 Å². The van der Waals surface area contributed by atoms with Crippen LogP contribution in [0.2, 0.25) is 0 Å². The zero-order valence-electron chi connectivity index (χ0n) is 17.0. The molecule has 4 heteroatoms. The van der Waals surface area contributed by atoms with Crippen molar-refractivity contribution in [3.63, 3.8) is 0 Å². The van der Waals surface area contributed by atoms with Gasteiger partial charge in [-0.1, -0.05) is 60.7 Å². The average Bonchev–Trinajstić information content (AvgIpc) is 2.97. The Morgan fingerprint density at radius 3 is 2.50 bits per heavy atom. The van der Waals surface area contributed by atoms with E-state index in [0.717, 1.165) is 47.4 Å². The quantitative estimate of drug-likeness (QED) is 0.464. The first-order valence-electron chi connectivity index (χ1n) is 10.2. The van der Waals surface area contributed by atoms with Crippen molar-refractivity contribution in [2.45, 2.75) is 19.2 Å². The molecular weight excluding hydrogens is 372 g/mol. The van der Waals surface area contributed by atoms with Gasteiger partial charge in [-0.25, -0.2) is 4.98 Å². The van der Waals surface area contributed by atoms with E-state index in [4.69, 9.17) is 14.5 Å². The van der Waals surface area contributed by atoms with Crippen molar-refractivity contribution in [1.29, 1.82) is 0 Å². The first-order chi connectivity index (χ1) is 14.8. The Morgan fingerprint density at radius 2 is 1.73 bits per heavy atom. The summed E-state index contributed by atoms with van der Waals surface area (Å²) in [6, 6.07) is 29.2. The highest BCUT2D eigenvalue weighted by Crippen LogP contribution is 2.33. The van der Waals surface area contributed by atoms with Crippen LogP contribution in [0.3, 0.4) is 0 Å². The molecule has 0 radical (unpaired) electrons. The molecule has 5 rings (SSSR count). The molecule has 1 atom stereocenters. The van der Waals surface area contributed by atoms with Gasteiger partial charge in [0.15, 0.2) is 0 Å². The fourth-order valence-corrected chi connectivity index (χ4v) is 4.03. The SMILES string of the molecule is COc1ccc2cc3c(nc2c1)O[C@@H](c1ccccc1)CN(Cc1ccccc1)C3. The molecule has 0 saturated carbocycles. The van der Waals surface area contributed by atoms with Crippen LogP contribution in [0.4, 0.5) is 0 Å². The molecule has 3 aromatic carbocycles. The summed E-state index contributed by atoms with van der Waals surface area (Å²) < 4.78 is 11.9. The Hall–Kier alpha value is -3.37. The van der Waals surface area contributed by atoms with Crippen molar-refractivity contribution in [3.8, 4) is 11.6 Å². The lowest BCUT2D eigenvalue weighted by molar-refractivity contribution is 0.140. The number of hydrogen-bond donors (Lipinski definition) is 0. The molecule has 0 unspecified atom stereocenters. The molecule has 4 nitrogen and oxygen atoms in total. The van der Waals surface area contributed by atoms with Crippen molar-refractivity contribution < 1.29 is 9.47 Å². The number of methoxy groups -OCH3 is 1. The molecule has 1 aliphatic heterocycles. The van der Waals surface area contributed by atoms with Crippen LogP contribution in [0.25, 0.3) is 10.9 Å². The zero-order chi connectivity index (χ0) is 20.3. The first-order valence-corrected chi connectivity index (χ1v) is 10.2. The van der Waals surface area contributed by atoms with E-state index in [9.17, 15) is 0 Å². The Morgan fingerprint density at radius 1 is 0.967 bits per heavy atom. The number of benzene rings is 3. The van der Waals surface area contributed by atoms with Crippen molar-refractivity contribution >= 4 is 10.9 Å². The van der Waals surface area contributed by atoms with Crippen LogP contribution in [0.15, 0.2) is 84.9 Å². The van der Waals surface area contributed by atoms with Crippen molar-refractivity contribution in [2.24, 2.45) is 0 Å². The van der Waals surface area contributed by atoms with Gasteiger partial charge in [0, 0.05) is 36.7 Å². The summed E-state index contributed by atoms with van der Waals surface area (Å²) in [7, 11) is 1.67. The van der Waals surface area contributed by atoms with E-state index in [0.29, 0.717) is 5.88 Å². The second kappa shape index (κ2) is 8.17. The minimum Gasteiger partial charge on any atom is -0.497 e. The number of ether oxygens (including phenoxy) is 2. The summed E-state index contributed by atoms with van der Waals surface area (Å²) >= 11 is 0. The van der Waals surface area contributed by atoms with Gasteiger partial charge in [-0.05, 0) is 29.3 Å². The van der Waals surface area contributed by atoms with E-state index >= 15 is 0 Å². The molecule has 1 aliphatic rings. The van der Waals surface area contributed by atoms with Crippen molar-refractivity contribution in [2.75, 3.05) is 13.7 Å². The van der Waals surface area contributed by atoms with E-state index in [1.165, 1.54) is 5.56 Å². The molecule has 2 heterocycles. The summed E-state index contributed by atoms with van der Waals surface area (Å²) in [5, 5.41) is 1.09. The minimum atomic E-state index is -0.0771. The molecule has 0 amide bonds. The summed E-state index contributed by atoms with van der Waals surface area (Å²) in [4.78, 5) is 7.31. The minimum absolute atomic E-state index is 0.0771. The van der Waals surface area contributed by atoms with E-state index in [2.05, 4.69) is 71.6 Å². The van der Waals surface area contributed by atoms with Gasteiger partial charge in [0.05, 0.1) is 12.6 Å². The summed E-state index contributed by atoms with van der Waals surface area (Å²) in [5.74, 6) is 1.51. The van der Waals surface area contributed by atoms with Crippen LogP contribution in [-0.4, -0.2) is 23.5 Å². The Labute approximate surface area is 176 Å². The number of rotatable bonds is 4. The Kier molecular flexibility index (Phi) is 5.08. The molecule has 0 saturated heterocycles. The van der Waals surface area contributed by atoms with Gasteiger partial charge in [-0.15, -0.1) is 0 Å². The highest BCUT2D eigenvalue weighted by Gasteiger charge is 2.26. The normalized spacial score (nSPS) is 16.5. The Bertz CT molecular complexity index is 1150. The lowest BCUT2D eigenvalue weighted by atomic mass is 10.1. The topological polar surface area (TPSA) is 34.6 Å². The zero-order valence-corrected chi connectivity index (χ0v) is 17.0. The van der Waals surface area contributed by atoms with Crippen LogP contribution in [-0.2, 0) is 13.1 Å². The first kappa shape index (κ1) is 18.6. The average molecular weight is 396 g/mol. The monoisotopic (exact) mass is 396 g/mol. The largest absolute Gasteiger partial charge is 0.497 e. The second-order valence-corrected chi connectivity index (χ2v) is 7.68. The molecule has 1 aromatic heterocycles. The van der Waals surface area contributed by atoms with Gasteiger partial charge < -0.3 is 9.47 Å². The number of aromatic nitrogens is 1. The Balaban J connectivity index is 1.55. The highest BCUT2D eigenvalue weighted by molar-refractivity contribution is 5.81. The summed E-state index contributed by atoms with van der Waals surface area (Å²) in [6.45, 7) is 2.46. The van der Waals surface area contributed by atoms with E-state index in [1.807, 2.05) is 18.2 Å². The van der Waals surface area contributed by atoms with Gasteiger partial charge in [0.25, 0.3) is 0 Å². The third-order valence-corrected chi connectivity index (χ3v) is 5.56. The molecule has 0 fully saturated rings. The maximum absolute atomic E-state index is 6.50. The third kappa shape index (κ3) is 3.87. The standard InChI is InChI=1S/C26H24N2O2/c1-29-23-13-12-21-14-22-17-28(16-19-8-4-2-5-9-19)18-25(20-10-6-3-7-11-20)30-26(22)27-24(21)15-23/h2-15,25H,16-18H2,1H3/t25-/m1/s1. The lowest BCUT2D eigenvalue weighted by Gasteiger charge is -2.24. The number of fused-ring (bicyclic) bond motifs is 2. The molecule has 150 valence electrons. The molecule has 0 N–H and O–H groups in total. The molecular formula is C26H24N2O2. The lowest BCUT2D eigenvalue weighted by Crippen LogP contribution is -2.27. The highest BCUT2D eigenvalue weighted by atomic mass is 16.5. The number of hydrogen-bond acceptors (Lipinski definition) is 4.